The molecule has 13 heteroatoms. The van der Waals surface area contributed by atoms with E-state index in [4.69, 9.17) is 19.5 Å². The molecule has 56 heavy (non-hydrogen) atoms. The highest BCUT2D eigenvalue weighted by Gasteiger charge is 2.40. The molecule has 0 radical (unpaired) electrons. The van der Waals surface area contributed by atoms with E-state index >= 15 is 0 Å². The molecule has 3 aliphatic rings. The number of imidazole rings is 1. The van der Waals surface area contributed by atoms with Crippen molar-refractivity contribution in [1.29, 1.82) is 0 Å². The summed E-state index contributed by atoms with van der Waals surface area (Å²) in [5, 5.41) is 7.63. The second-order valence-electron chi connectivity index (χ2n) is 15.7. The highest BCUT2D eigenvalue weighted by atomic mass is 16.5. The van der Waals surface area contributed by atoms with Crippen molar-refractivity contribution in [3.05, 3.63) is 72.2 Å². The molecule has 0 aliphatic carbocycles. The summed E-state index contributed by atoms with van der Waals surface area (Å²) in [5.41, 5.74) is 7.12. The summed E-state index contributed by atoms with van der Waals surface area (Å²) in [6, 6.07) is 17.5. The molecule has 0 saturated carbocycles. The van der Waals surface area contributed by atoms with Gasteiger partial charge >= 0.3 is 12.2 Å². The molecule has 7 rings (SSSR count). The molecule has 4 heterocycles. The number of hydrogen-bond acceptors (Lipinski definition) is 8. The molecule has 2 saturated heterocycles. The Kier molecular flexibility index (Phi) is 11.1. The molecule has 3 N–H and O–H groups in total. The van der Waals surface area contributed by atoms with Gasteiger partial charge in [0.1, 0.15) is 17.9 Å². The lowest BCUT2D eigenvalue weighted by Gasteiger charge is -2.30. The number of aromatic nitrogens is 2. The van der Waals surface area contributed by atoms with Crippen molar-refractivity contribution < 1.29 is 28.7 Å². The fourth-order valence-electron chi connectivity index (χ4n) is 8.29. The van der Waals surface area contributed by atoms with E-state index in [0.717, 1.165) is 81.6 Å². The smallest absolute Gasteiger partial charge is 0.407 e. The molecule has 3 aromatic carbocycles. The van der Waals surface area contributed by atoms with Crippen LogP contribution in [0.25, 0.3) is 33.2 Å². The van der Waals surface area contributed by atoms with Gasteiger partial charge in [0.15, 0.2) is 0 Å². The van der Waals surface area contributed by atoms with Crippen LogP contribution in [0.3, 0.4) is 0 Å². The van der Waals surface area contributed by atoms with Crippen LogP contribution >= 0.6 is 0 Å². The molecule has 0 unspecified atom stereocenters. The molecular weight excluding hydrogens is 711 g/mol. The summed E-state index contributed by atoms with van der Waals surface area (Å²) in [7, 11) is 2.59. The standard InChI is InChI=1S/C43H51N7O6/c1-24(2)37(47-42(53)55-5)40(51)49-17-7-9-35(49)33-22-31-21-29(15-16-32(31)45-33)26-11-12-28-20-30(14-13-27(28)19-26)34-23-44-39(46-34)36-10-8-18-50(36)41(52)38(25(3)4)48-43(54)56-6/h11-16,19-21,23-25,35-38H,7-10,17-18,22H2,1-6H3,(H,44,46)(H,47,53)(H,48,54)/t35-,36-,37-,38-/m0/s1. The second kappa shape index (κ2) is 16.2. The van der Waals surface area contributed by atoms with Gasteiger partial charge < -0.3 is 34.9 Å². The number of rotatable bonds is 10. The Labute approximate surface area is 327 Å². The molecule has 294 valence electrons. The van der Waals surface area contributed by atoms with Gasteiger partial charge in [-0.05, 0) is 89.2 Å². The maximum atomic E-state index is 13.7. The Morgan fingerprint density at radius 1 is 0.732 bits per heavy atom. The SMILES string of the molecule is COC(=O)N[C@H](C(=O)N1CCC[C@H]1C1=Nc2ccc(-c3ccc4cc(-c5cnc([C@@H]6CCCN6C(=O)[C@@H](NC(=O)OC)C(C)C)[nH]5)ccc4c3)cc2C1)C(C)C. The topological polar surface area (TPSA) is 158 Å². The zero-order valence-corrected chi connectivity index (χ0v) is 32.9. The Morgan fingerprint density at radius 3 is 1.88 bits per heavy atom. The first-order valence-electron chi connectivity index (χ1n) is 19.6. The number of carbonyl (C=O) groups excluding carboxylic acids is 4. The molecule has 3 aliphatic heterocycles. The van der Waals surface area contributed by atoms with Gasteiger partial charge in [-0.2, -0.15) is 0 Å². The van der Waals surface area contributed by atoms with Gasteiger partial charge in [-0.15, -0.1) is 0 Å². The third-order valence-electron chi connectivity index (χ3n) is 11.4. The lowest BCUT2D eigenvalue weighted by atomic mass is 9.96. The normalized spacial score (nSPS) is 18.9. The minimum atomic E-state index is -0.688. The van der Waals surface area contributed by atoms with Crippen molar-refractivity contribution in [2.75, 3.05) is 27.3 Å². The Morgan fingerprint density at radius 2 is 1.27 bits per heavy atom. The fraction of sp³-hybridized carbons (Fsp3) is 0.442. The van der Waals surface area contributed by atoms with Crippen LogP contribution in [0.15, 0.2) is 65.8 Å². The van der Waals surface area contributed by atoms with Crippen LogP contribution in [0.2, 0.25) is 0 Å². The van der Waals surface area contributed by atoms with Crippen LogP contribution in [0, 0.1) is 11.8 Å². The lowest BCUT2D eigenvalue weighted by molar-refractivity contribution is -0.135. The molecule has 0 spiro atoms. The van der Waals surface area contributed by atoms with E-state index in [0.29, 0.717) is 19.5 Å². The van der Waals surface area contributed by atoms with Crippen LogP contribution in [0.1, 0.15) is 70.8 Å². The number of nitrogens with zero attached hydrogens (tertiary/aromatic N) is 4. The van der Waals surface area contributed by atoms with E-state index < -0.39 is 24.3 Å². The molecule has 1 aromatic heterocycles. The minimum Gasteiger partial charge on any atom is -0.453 e. The number of methoxy groups -OCH3 is 2. The third-order valence-corrected chi connectivity index (χ3v) is 11.4. The van der Waals surface area contributed by atoms with Crippen molar-refractivity contribution in [3.63, 3.8) is 0 Å². The number of H-pyrrole nitrogens is 1. The molecule has 2 fully saturated rings. The zero-order chi connectivity index (χ0) is 39.7. The molecule has 13 nitrogen and oxygen atoms in total. The number of aliphatic imine (C=N–C) groups is 1. The Hall–Kier alpha value is -5.72. The van der Waals surface area contributed by atoms with Crippen molar-refractivity contribution in [3.8, 4) is 22.4 Å². The van der Waals surface area contributed by atoms with E-state index in [9.17, 15) is 19.2 Å². The average Bonchev–Trinajstić information content (AvgIpc) is 4.03. The van der Waals surface area contributed by atoms with Gasteiger partial charge in [0.25, 0.3) is 0 Å². The van der Waals surface area contributed by atoms with Gasteiger partial charge in [0.05, 0.1) is 43.9 Å². The van der Waals surface area contributed by atoms with E-state index in [2.05, 4.69) is 70.2 Å². The predicted octanol–water partition coefficient (Wildman–Crippen LogP) is 6.94. The second-order valence-corrected chi connectivity index (χ2v) is 15.7. The van der Waals surface area contributed by atoms with Crippen LogP contribution in [-0.4, -0.2) is 94.9 Å². The van der Waals surface area contributed by atoms with Gasteiger partial charge in [0, 0.05) is 30.8 Å². The summed E-state index contributed by atoms with van der Waals surface area (Å²) in [6.07, 6.45) is 4.63. The van der Waals surface area contributed by atoms with E-state index in [1.54, 1.807) is 0 Å². The van der Waals surface area contributed by atoms with Gasteiger partial charge in [0.2, 0.25) is 11.8 Å². The first kappa shape index (κ1) is 38.6. The molecule has 0 bridgehead atoms. The average molecular weight is 762 g/mol. The molecule has 4 aromatic rings. The number of hydrogen-bond donors (Lipinski definition) is 3. The first-order chi connectivity index (χ1) is 26.9. The monoisotopic (exact) mass is 761 g/mol. The number of fused-ring (bicyclic) bond motifs is 2. The van der Waals surface area contributed by atoms with Crippen LogP contribution in [0.4, 0.5) is 15.3 Å². The molecular formula is C43H51N7O6. The summed E-state index contributed by atoms with van der Waals surface area (Å²) < 4.78 is 9.55. The Balaban J connectivity index is 1.04. The van der Waals surface area contributed by atoms with Crippen LogP contribution in [-0.2, 0) is 25.5 Å². The number of likely N-dealkylation sites (tertiary alicyclic amines) is 2. The van der Waals surface area contributed by atoms with E-state index in [-0.39, 0.29) is 35.7 Å². The predicted molar refractivity (Wildman–Crippen MR) is 215 cm³/mol. The van der Waals surface area contributed by atoms with E-state index in [1.165, 1.54) is 14.2 Å². The summed E-state index contributed by atoms with van der Waals surface area (Å²) in [6.45, 7) is 8.88. The maximum absolute atomic E-state index is 13.7. The lowest BCUT2D eigenvalue weighted by Crippen LogP contribution is -2.53. The number of aromatic amines is 1. The summed E-state index contributed by atoms with van der Waals surface area (Å²) in [4.78, 5) is 68.1. The number of carbonyl (C=O) groups is 4. The first-order valence-corrected chi connectivity index (χ1v) is 19.6. The number of amides is 4. The van der Waals surface area contributed by atoms with Gasteiger partial charge in [-0.3, -0.25) is 14.6 Å². The van der Waals surface area contributed by atoms with Gasteiger partial charge in [-0.1, -0.05) is 58.0 Å². The number of alkyl carbamates (subject to hydrolysis) is 2. The molecule has 4 atom stereocenters. The van der Waals surface area contributed by atoms with Crippen molar-refractivity contribution in [2.45, 2.75) is 84.0 Å². The third kappa shape index (κ3) is 7.71. The number of benzene rings is 3. The summed E-state index contributed by atoms with van der Waals surface area (Å²) in [5.74, 6) is 0.301. The quantitative estimate of drug-likeness (QED) is 0.158. The minimum absolute atomic E-state index is 0.0884. The van der Waals surface area contributed by atoms with Gasteiger partial charge in [-0.25, -0.2) is 14.6 Å². The number of nitrogens with one attached hydrogen (secondary N) is 3. The van der Waals surface area contributed by atoms with Crippen LogP contribution in [0.5, 0.6) is 0 Å². The number of ether oxygens (including phenoxy) is 2. The largest absolute Gasteiger partial charge is 0.453 e. The molecule has 4 amide bonds. The maximum Gasteiger partial charge on any atom is 0.407 e. The van der Waals surface area contributed by atoms with Crippen molar-refractivity contribution in [2.24, 2.45) is 16.8 Å². The van der Waals surface area contributed by atoms with Crippen molar-refractivity contribution in [1.82, 2.24) is 30.4 Å². The highest BCUT2D eigenvalue weighted by molar-refractivity contribution is 6.01. The highest BCUT2D eigenvalue weighted by Crippen LogP contribution is 2.37. The van der Waals surface area contributed by atoms with Crippen molar-refractivity contribution >= 4 is 46.2 Å². The Bertz CT molecular complexity index is 2180. The fourth-order valence-corrected chi connectivity index (χ4v) is 8.29. The zero-order valence-electron chi connectivity index (χ0n) is 32.9. The summed E-state index contributed by atoms with van der Waals surface area (Å²) >= 11 is 0. The van der Waals surface area contributed by atoms with Crippen LogP contribution < -0.4 is 10.6 Å². The van der Waals surface area contributed by atoms with E-state index in [1.807, 2.05) is 43.7 Å².